The number of rotatable bonds is 12. The first kappa shape index (κ1) is 21.6. The number of carboxylic acids is 1. The first-order valence-corrected chi connectivity index (χ1v) is 8.27. The van der Waals surface area contributed by atoms with E-state index in [1.54, 1.807) is 6.07 Å². The van der Waals surface area contributed by atoms with Crippen LogP contribution in [0.4, 0.5) is 0 Å². The lowest BCUT2D eigenvalue weighted by Gasteiger charge is -2.13. The van der Waals surface area contributed by atoms with Gasteiger partial charge < -0.3 is 14.6 Å². The van der Waals surface area contributed by atoms with Crippen LogP contribution in [0.1, 0.15) is 57.9 Å². The molecule has 1 rings (SSSR count). The summed E-state index contributed by atoms with van der Waals surface area (Å²) >= 11 is 0. The highest BCUT2D eigenvalue weighted by atomic mass is 35.5. The topological polar surface area (TPSA) is 55.8 Å². The van der Waals surface area contributed by atoms with Gasteiger partial charge in [-0.15, -0.1) is 12.4 Å². The molecule has 0 aliphatic heterocycles. The summed E-state index contributed by atoms with van der Waals surface area (Å²) in [6, 6.07) is 5.43. The van der Waals surface area contributed by atoms with Crippen molar-refractivity contribution in [3.8, 4) is 11.5 Å². The number of hydrogen-bond acceptors (Lipinski definition) is 3. The molecule has 0 aliphatic rings. The van der Waals surface area contributed by atoms with E-state index >= 15 is 0 Å². The number of halogens is 1. The number of benzene rings is 1. The molecule has 0 amide bonds. The van der Waals surface area contributed by atoms with Crippen LogP contribution < -0.4 is 9.47 Å². The van der Waals surface area contributed by atoms with Crippen molar-refractivity contribution in [1.29, 1.82) is 0 Å². The van der Waals surface area contributed by atoms with Gasteiger partial charge >= 0.3 is 5.97 Å². The predicted molar refractivity (Wildman–Crippen MR) is 95.1 cm³/mol. The van der Waals surface area contributed by atoms with Crippen LogP contribution in [0.2, 0.25) is 0 Å². The van der Waals surface area contributed by atoms with Gasteiger partial charge in [-0.3, -0.25) is 4.79 Å². The second-order valence-corrected chi connectivity index (χ2v) is 5.45. The van der Waals surface area contributed by atoms with Gasteiger partial charge in [0.2, 0.25) is 0 Å². The molecular formula is C18H29ClO4. The molecule has 0 bridgehead atoms. The smallest absolute Gasteiger partial charge is 0.307 e. The monoisotopic (exact) mass is 344 g/mol. The number of ether oxygens (including phenoxy) is 2. The van der Waals surface area contributed by atoms with Gasteiger partial charge in [-0.25, -0.2) is 0 Å². The third kappa shape index (κ3) is 9.34. The summed E-state index contributed by atoms with van der Waals surface area (Å²) in [4.78, 5) is 10.9. The molecular weight excluding hydrogens is 316 g/mol. The van der Waals surface area contributed by atoms with E-state index < -0.39 is 5.97 Å². The van der Waals surface area contributed by atoms with Gasteiger partial charge in [-0.05, 0) is 18.9 Å². The normalized spacial score (nSPS) is 10.0. The molecule has 5 heteroatoms. The van der Waals surface area contributed by atoms with Gasteiger partial charge in [0.05, 0.1) is 19.6 Å². The molecule has 0 aliphatic carbocycles. The molecule has 1 N–H and O–H groups in total. The molecule has 0 heterocycles. The molecule has 0 saturated carbocycles. The second-order valence-electron chi connectivity index (χ2n) is 5.45. The summed E-state index contributed by atoms with van der Waals surface area (Å²) in [7, 11) is 0. The van der Waals surface area contributed by atoms with Crippen LogP contribution in [0.3, 0.4) is 0 Å². The van der Waals surface area contributed by atoms with Gasteiger partial charge in [0.1, 0.15) is 11.5 Å². The van der Waals surface area contributed by atoms with E-state index in [1.165, 1.54) is 0 Å². The van der Waals surface area contributed by atoms with Gasteiger partial charge in [0, 0.05) is 11.6 Å². The van der Waals surface area contributed by atoms with E-state index in [0.717, 1.165) is 44.3 Å². The Morgan fingerprint density at radius 2 is 1.61 bits per heavy atom. The Morgan fingerprint density at radius 3 is 2.17 bits per heavy atom. The maximum absolute atomic E-state index is 10.9. The highest BCUT2D eigenvalue weighted by molar-refractivity contribution is 5.85. The molecule has 0 saturated heterocycles. The number of hydrogen-bond donors (Lipinski definition) is 1. The Morgan fingerprint density at radius 1 is 1.00 bits per heavy atom. The van der Waals surface area contributed by atoms with Gasteiger partial charge in [0.25, 0.3) is 0 Å². The van der Waals surface area contributed by atoms with Crippen molar-refractivity contribution in [1.82, 2.24) is 0 Å². The van der Waals surface area contributed by atoms with Crippen LogP contribution in [0.15, 0.2) is 18.2 Å². The quantitative estimate of drug-likeness (QED) is 0.549. The van der Waals surface area contributed by atoms with E-state index in [1.807, 2.05) is 12.1 Å². The van der Waals surface area contributed by atoms with Crippen molar-refractivity contribution in [2.24, 2.45) is 0 Å². The van der Waals surface area contributed by atoms with Crippen LogP contribution in [-0.2, 0) is 11.2 Å². The molecule has 4 nitrogen and oxygen atoms in total. The molecule has 0 aromatic heterocycles. The summed E-state index contributed by atoms with van der Waals surface area (Å²) in [6.45, 7) is 5.59. The van der Waals surface area contributed by atoms with Crippen molar-refractivity contribution in [3.63, 3.8) is 0 Å². The molecule has 132 valence electrons. The minimum absolute atomic E-state index is 0. The van der Waals surface area contributed by atoms with E-state index in [2.05, 4.69) is 13.8 Å². The van der Waals surface area contributed by atoms with Gasteiger partial charge in [-0.2, -0.15) is 0 Å². The molecule has 0 radical (unpaired) electrons. The summed E-state index contributed by atoms with van der Waals surface area (Å²) in [6.07, 6.45) is 6.53. The van der Waals surface area contributed by atoms with Gasteiger partial charge in [0.15, 0.2) is 0 Å². The van der Waals surface area contributed by atoms with Crippen LogP contribution >= 0.6 is 12.4 Å². The van der Waals surface area contributed by atoms with E-state index in [-0.39, 0.29) is 18.8 Å². The third-order valence-electron chi connectivity index (χ3n) is 3.40. The minimum atomic E-state index is -0.852. The Kier molecular flexibility index (Phi) is 12.3. The van der Waals surface area contributed by atoms with E-state index in [9.17, 15) is 4.79 Å². The van der Waals surface area contributed by atoms with E-state index in [4.69, 9.17) is 14.6 Å². The maximum atomic E-state index is 10.9. The van der Waals surface area contributed by atoms with E-state index in [0.29, 0.717) is 24.5 Å². The third-order valence-corrected chi connectivity index (χ3v) is 3.40. The Balaban J connectivity index is 0.00000484. The highest BCUT2D eigenvalue weighted by Crippen LogP contribution is 2.26. The molecule has 1 aromatic carbocycles. The standard InChI is InChI=1S/C18H28O4.ClH/c1-3-5-7-11-21-16-10-9-15(13-18(19)20)17(14-16)22-12-8-6-4-2;/h9-10,14H,3-8,11-13H2,1-2H3,(H,19,20);1H. The second kappa shape index (κ2) is 13.1. The molecule has 0 fully saturated rings. The maximum Gasteiger partial charge on any atom is 0.307 e. The fourth-order valence-electron chi connectivity index (χ4n) is 2.14. The van der Waals surface area contributed by atoms with Crippen LogP contribution in [0, 0.1) is 0 Å². The van der Waals surface area contributed by atoms with Crippen molar-refractivity contribution in [2.75, 3.05) is 13.2 Å². The summed E-state index contributed by atoms with van der Waals surface area (Å²) in [5.41, 5.74) is 0.699. The van der Waals surface area contributed by atoms with Crippen molar-refractivity contribution in [3.05, 3.63) is 23.8 Å². The summed E-state index contributed by atoms with van der Waals surface area (Å²) in [5, 5.41) is 8.98. The Labute approximate surface area is 145 Å². The van der Waals surface area contributed by atoms with Crippen LogP contribution in [0.25, 0.3) is 0 Å². The number of carbonyl (C=O) groups is 1. The first-order valence-electron chi connectivity index (χ1n) is 8.27. The Bertz CT molecular complexity index is 449. The lowest BCUT2D eigenvalue weighted by atomic mass is 10.1. The Hall–Kier alpha value is -1.42. The fraction of sp³-hybridized carbons (Fsp3) is 0.611. The van der Waals surface area contributed by atoms with Crippen molar-refractivity contribution >= 4 is 18.4 Å². The molecule has 0 spiro atoms. The lowest BCUT2D eigenvalue weighted by molar-refractivity contribution is -0.136. The highest BCUT2D eigenvalue weighted by Gasteiger charge is 2.10. The number of unbranched alkanes of at least 4 members (excludes halogenated alkanes) is 4. The van der Waals surface area contributed by atoms with Gasteiger partial charge in [-0.1, -0.05) is 45.6 Å². The van der Waals surface area contributed by atoms with Crippen molar-refractivity contribution in [2.45, 2.75) is 58.8 Å². The SMILES string of the molecule is CCCCCOc1ccc(CC(=O)O)c(OCCCCC)c1.Cl. The van der Waals surface area contributed by atoms with Crippen molar-refractivity contribution < 1.29 is 19.4 Å². The van der Waals surface area contributed by atoms with Crippen LogP contribution in [-0.4, -0.2) is 24.3 Å². The average molecular weight is 345 g/mol. The largest absolute Gasteiger partial charge is 0.493 e. The summed E-state index contributed by atoms with van der Waals surface area (Å²) < 4.78 is 11.5. The molecule has 0 unspecified atom stereocenters. The molecule has 0 atom stereocenters. The molecule has 1 aromatic rings. The number of aliphatic carboxylic acids is 1. The first-order chi connectivity index (χ1) is 10.7. The molecule has 23 heavy (non-hydrogen) atoms. The van der Waals surface area contributed by atoms with Crippen LogP contribution in [0.5, 0.6) is 11.5 Å². The lowest BCUT2D eigenvalue weighted by Crippen LogP contribution is -2.06. The predicted octanol–water partition coefficient (Wildman–Crippen LogP) is 4.87. The fourth-order valence-corrected chi connectivity index (χ4v) is 2.14. The zero-order valence-corrected chi connectivity index (χ0v) is 15.0. The zero-order chi connectivity index (χ0) is 16.2. The summed E-state index contributed by atoms with van der Waals surface area (Å²) in [5.74, 6) is 0.525. The minimum Gasteiger partial charge on any atom is -0.493 e. The zero-order valence-electron chi connectivity index (χ0n) is 14.2. The number of carboxylic acid groups (broad SMARTS) is 1. The average Bonchev–Trinajstić information content (AvgIpc) is 2.49.